The Bertz CT molecular complexity index is 1860. The van der Waals surface area contributed by atoms with Crippen LogP contribution in [0.1, 0.15) is 16.0 Å². The fraction of sp³-hybridized carbons (Fsp3) is 0.172. The molecule has 2 aromatic carbocycles. The zero-order valence-corrected chi connectivity index (χ0v) is 23.7. The van der Waals surface area contributed by atoms with E-state index in [2.05, 4.69) is 25.3 Å². The molecule has 0 saturated carbocycles. The number of rotatable bonds is 11. The van der Waals surface area contributed by atoms with Crippen LogP contribution < -0.4 is 20.7 Å². The van der Waals surface area contributed by atoms with Crippen molar-refractivity contribution in [2.75, 3.05) is 30.8 Å². The largest absolute Gasteiger partial charge is 0.477 e. The number of nitrogens with one attached hydrogen (secondary N) is 2. The van der Waals surface area contributed by atoms with Gasteiger partial charge in [-0.15, -0.1) is 11.3 Å². The molecule has 0 saturated heterocycles. The normalized spacial score (nSPS) is 11.3. The third-order valence-corrected chi connectivity index (χ3v) is 7.41. The number of carboxylic acids is 1. The smallest absolute Gasteiger partial charge is 0.407 e. The summed E-state index contributed by atoms with van der Waals surface area (Å²) in [6.07, 6.45) is 2.34. The number of nitrogens with zero attached hydrogens (tertiary/aromatic N) is 5. The topological polar surface area (TPSA) is 192 Å². The quantitative estimate of drug-likeness (QED) is 0.126. The number of fused-ring (bicyclic) bond motifs is 2. The average Bonchev–Trinajstić information content (AvgIpc) is 3.64. The van der Waals surface area contributed by atoms with Crippen LogP contribution in [0.5, 0.6) is 5.88 Å². The van der Waals surface area contributed by atoms with E-state index in [0.717, 1.165) is 26.9 Å². The third kappa shape index (κ3) is 7.16. The van der Waals surface area contributed by atoms with Gasteiger partial charge < -0.3 is 35.5 Å². The number of thiophene rings is 1. The molecule has 3 aromatic heterocycles. The van der Waals surface area contributed by atoms with Gasteiger partial charge in [0.05, 0.1) is 12.9 Å². The van der Waals surface area contributed by atoms with Gasteiger partial charge in [0.15, 0.2) is 5.65 Å². The summed E-state index contributed by atoms with van der Waals surface area (Å²) in [7, 11) is 1.89. The highest BCUT2D eigenvalue weighted by Crippen LogP contribution is 2.30. The second-order valence-electron chi connectivity index (χ2n) is 9.35. The van der Waals surface area contributed by atoms with Gasteiger partial charge in [0.25, 0.3) is 0 Å². The molecule has 5 aromatic rings. The lowest BCUT2D eigenvalue weighted by Crippen LogP contribution is -2.28. The van der Waals surface area contributed by atoms with E-state index in [0.29, 0.717) is 35.0 Å². The molecular formula is C29H26N8O5S. The molecule has 0 unspecified atom stereocenters. The van der Waals surface area contributed by atoms with Crippen molar-refractivity contribution in [2.24, 2.45) is 0 Å². The van der Waals surface area contributed by atoms with E-state index in [-0.39, 0.29) is 24.7 Å². The number of carboxylic acid groups (broad SMARTS) is 1. The molecule has 0 bridgehead atoms. The maximum absolute atomic E-state index is 12.2. The van der Waals surface area contributed by atoms with Gasteiger partial charge >= 0.3 is 12.1 Å². The van der Waals surface area contributed by atoms with Gasteiger partial charge in [0.2, 0.25) is 11.8 Å². The molecule has 0 radical (unpaired) electrons. The molecular weight excluding hydrogens is 572 g/mol. The van der Waals surface area contributed by atoms with Crippen molar-refractivity contribution in [3.05, 3.63) is 76.4 Å². The number of alkyl carbamates (subject to hydrolysis) is 1. The standard InChI is InChI=1S/C29H26N8O5S/c1-37(21-7-6-19-10-22(43-23(19)12-21)11-20(13-30)27(38)39)8-9-41-29(40)32-14-17-2-4-18(5-3-17)15-42-26-24-25(34-16-33-24)35-28(31)36-26/h2-7,10-12,16H,8-9,14-15H2,1H3,(H,32,40)(H,38,39)(H3,31,33,34,35,36)/b20-11+. The number of imidazole rings is 1. The summed E-state index contributed by atoms with van der Waals surface area (Å²) < 4.78 is 12.1. The van der Waals surface area contributed by atoms with Crippen LogP contribution >= 0.6 is 11.3 Å². The lowest BCUT2D eigenvalue weighted by molar-refractivity contribution is -0.132. The summed E-state index contributed by atoms with van der Waals surface area (Å²) in [6, 6.07) is 16.9. The number of aromatic nitrogens is 4. The number of H-pyrrole nitrogens is 1. The lowest BCUT2D eigenvalue weighted by atomic mass is 10.1. The summed E-state index contributed by atoms with van der Waals surface area (Å²) in [5, 5.41) is 21.8. The maximum Gasteiger partial charge on any atom is 0.407 e. The number of amides is 1. The van der Waals surface area contributed by atoms with Gasteiger partial charge in [-0.3, -0.25) is 0 Å². The molecule has 5 N–H and O–H groups in total. The minimum Gasteiger partial charge on any atom is -0.477 e. The number of nitrogen functional groups attached to an aromatic ring is 1. The average molecular weight is 599 g/mol. The zero-order valence-electron chi connectivity index (χ0n) is 22.9. The first-order chi connectivity index (χ1) is 20.8. The molecule has 0 spiro atoms. The summed E-state index contributed by atoms with van der Waals surface area (Å²) in [5.41, 5.74) is 9.11. The SMILES string of the molecule is CN(CCOC(=O)NCc1ccc(COc2nc(N)nc3nc[nH]c23)cc1)c1ccc2cc(/C=C(\C#N)C(=O)O)sc2c1. The second-order valence-corrected chi connectivity index (χ2v) is 10.5. The summed E-state index contributed by atoms with van der Waals surface area (Å²) in [4.78, 5) is 41.2. The monoisotopic (exact) mass is 598 g/mol. The van der Waals surface area contributed by atoms with Gasteiger partial charge in [0.1, 0.15) is 30.4 Å². The number of aromatic amines is 1. The number of hydrogen-bond acceptors (Lipinski definition) is 11. The fourth-order valence-corrected chi connectivity index (χ4v) is 5.14. The van der Waals surface area contributed by atoms with E-state index in [9.17, 15) is 9.59 Å². The predicted molar refractivity (Wildman–Crippen MR) is 161 cm³/mol. The Morgan fingerprint density at radius 1 is 1.19 bits per heavy atom. The lowest BCUT2D eigenvalue weighted by Gasteiger charge is -2.19. The van der Waals surface area contributed by atoms with E-state index >= 15 is 0 Å². The minimum atomic E-state index is -1.26. The van der Waals surface area contributed by atoms with Crippen molar-refractivity contribution in [3.63, 3.8) is 0 Å². The molecule has 3 heterocycles. The molecule has 1 amide bonds. The van der Waals surface area contributed by atoms with Gasteiger partial charge in [0, 0.05) is 28.9 Å². The van der Waals surface area contributed by atoms with Crippen LogP contribution in [-0.4, -0.2) is 57.3 Å². The highest BCUT2D eigenvalue weighted by molar-refractivity contribution is 7.19. The zero-order chi connectivity index (χ0) is 30.3. The molecule has 218 valence electrons. The summed E-state index contributed by atoms with van der Waals surface area (Å²) >= 11 is 1.39. The first kappa shape index (κ1) is 28.8. The maximum atomic E-state index is 12.2. The van der Waals surface area contributed by atoms with Crippen LogP contribution in [0.2, 0.25) is 0 Å². The number of nitrogens with two attached hydrogens (primary N) is 1. The third-order valence-electron chi connectivity index (χ3n) is 6.37. The van der Waals surface area contributed by atoms with Crippen LogP contribution in [0, 0.1) is 11.3 Å². The second kappa shape index (κ2) is 12.9. The van der Waals surface area contributed by atoms with Crippen molar-refractivity contribution in [2.45, 2.75) is 13.2 Å². The van der Waals surface area contributed by atoms with E-state index in [4.69, 9.17) is 25.6 Å². The van der Waals surface area contributed by atoms with Gasteiger partial charge in [-0.05, 0) is 40.8 Å². The van der Waals surface area contributed by atoms with Crippen molar-refractivity contribution < 1.29 is 24.2 Å². The molecule has 5 rings (SSSR count). The van der Waals surface area contributed by atoms with Crippen molar-refractivity contribution in [3.8, 4) is 11.9 Å². The number of hydrogen-bond donors (Lipinski definition) is 4. The Kier molecular flexibility index (Phi) is 8.63. The van der Waals surface area contributed by atoms with Gasteiger partial charge in [-0.2, -0.15) is 15.2 Å². The van der Waals surface area contributed by atoms with E-state index in [1.165, 1.54) is 23.7 Å². The highest BCUT2D eigenvalue weighted by atomic mass is 32.1. The number of anilines is 2. The summed E-state index contributed by atoms with van der Waals surface area (Å²) in [6.45, 7) is 1.20. The molecule has 0 atom stereocenters. The van der Waals surface area contributed by atoms with Crippen LogP contribution in [0.4, 0.5) is 16.4 Å². The van der Waals surface area contributed by atoms with E-state index in [1.807, 2.05) is 60.5 Å². The van der Waals surface area contributed by atoms with Gasteiger partial charge in [-0.25, -0.2) is 14.6 Å². The molecule has 0 aliphatic heterocycles. The first-order valence-corrected chi connectivity index (χ1v) is 13.8. The van der Waals surface area contributed by atoms with Gasteiger partial charge in [-0.1, -0.05) is 30.3 Å². The molecule has 0 aliphatic rings. The van der Waals surface area contributed by atoms with E-state index < -0.39 is 12.1 Å². The molecule has 14 heteroatoms. The predicted octanol–water partition coefficient (Wildman–Crippen LogP) is 4.08. The Hall–Kier alpha value is -5.68. The number of nitriles is 1. The number of carbonyl (C=O) groups is 2. The number of likely N-dealkylation sites (N-methyl/N-ethyl adjacent to an activating group) is 1. The molecule has 43 heavy (non-hydrogen) atoms. The molecule has 13 nitrogen and oxygen atoms in total. The fourth-order valence-electron chi connectivity index (χ4n) is 4.09. The van der Waals surface area contributed by atoms with E-state index in [1.54, 1.807) is 6.07 Å². The summed E-state index contributed by atoms with van der Waals surface area (Å²) in [5.74, 6) is -0.860. The Morgan fingerprint density at radius 2 is 1.98 bits per heavy atom. The minimum absolute atomic E-state index is 0.0775. The Labute approximate surface area is 249 Å². The number of ether oxygens (including phenoxy) is 2. The van der Waals surface area contributed by atoms with Crippen LogP contribution in [-0.2, 0) is 22.7 Å². The Morgan fingerprint density at radius 3 is 2.74 bits per heavy atom. The van der Waals surface area contributed by atoms with Crippen LogP contribution in [0.15, 0.2) is 60.4 Å². The van der Waals surface area contributed by atoms with Crippen molar-refractivity contribution in [1.82, 2.24) is 25.3 Å². The number of carbonyl (C=O) groups excluding carboxylic acids is 1. The highest BCUT2D eigenvalue weighted by Gasteiger charge is 2.12. The molecule has 0 fully saturated rings. The van der Waals surface area contributed by atoms with Crippen LogP contribution in [0.25, 0.3) is 27.3 Å². The Balaban J connectivity index is 1.06. The number of aliphatic carboxylic acids is 1. The first-order valence-electron chi connectivity index (χ1n) is 13.0. The number of benzene rings is 2. The molecule has 0 aliphatic carbocycles. The van der Waals surface area contributed by atoms with Crippen molar-refractivity contribution in [1.29, 1.82) is 5.26 Å². The van der Waals surface area contributed by atoms with Crippen molar-refractivity contribution >= 4 is 62.4 Å². The van der Waals surface area contributed by atoms with Crippen LogP contribution in [0.3, 0.4) is 0 Å².